The van der Waals surface area contributed by atoms with E-state index in [2.05, 4.69) is 35.6 Å². The Morgan fingerprint density at radius 3 is 1.04 bits per heavy atom. The molecule has 0 bridgehead atoms. The lowest BCUT2D eigenvalue weighted by molar-refractivity contribution is -0.376. The van der Waals surface area contributed by atoms with E-state index >= 15 is 0 Å². The summed E-state index contributed by atoms with van der Waals surface area (Å²) >= 11 is 0. The largest absolute Gasteiger partial charge is 0.430 e. The van der Waals surface area contributed by atoms with Crippen molar-refractivity contribution in [3.63, 3.8) is 0 Å². The molecule has 0 aliphatic rings. The second-order valence-electron chi connectivity index (χ2n) is 22.0. The molecule has 0 aliphatic carbocycles. The van der Waals surface area contributed by atoms with E-state index in [-0.39, 0.29) is 19.6 Å². The van der Waals surface area contributed by atoms with Crippen LogP contribution < -0.4 is 0 Å². The second-order valence-corrected chi connectivity index (χ2v) is 22.0. The number of halogens is 18. The third kappa shape index (κ3) is 13.2. The highest BCUT2D eigenvalue weighted by Crippen LogP contribution is 2.53. The van der Waals surface area contributed by atoms with E-state index in [1.165, 1.54) is 0 Å². The van der Waals surface area contributed by atoms with E-state index in [9.17, 15) is 94.3 Å². The number of alkyl halides is 18. The Bertz CT molecular complexity index is 4390. The molecular formula is C64H48F18N10O3. The third-order valence-electron chi connectivity index (χ3n) is 15.6. The van der Waals surface area contributed by atoms with Crippen molar-refractivity contribution in [3.8, 4) is 33.8 Å². The number of H-pyrrole nitrogens is 3. The number of aromatic nitrogens is 10. The van der Waals surface area contributed by atoms with E-state index < -0.39 is 70.6 Å². The molecule has 12 aromatic rings. The number of benzene rings is 6. The summed E-state index contributed by atoms with van der Waals surface area (Å²) in [5.74, 6) is 1.21. The highest BCUT2D eigenvalue weighted by Gasteiger charge is 2.73. The van der Waals surface area contributed by atoms with Crippen molar-refractivity contribution in [1.82, 2.24) is 49.3 Å². The smallest absolute Gasteiger partial charge is 0.369 e. The summed E-state index contributed by atoms with van der Waals surface area (Å²) in [5.41, 5.74) is -9.46. The molecule has 0 saturated carbocycles. The fraction of sp³-hybridized carbons (Fsp3) is 0.219. The number of hydrogen-bond donors (Lipinski definition) is 6. The predicted octanol–water partition coefficient (Wildman–Crippen LogP) is 16.2. The molecule has 0 saturated heterocycles. The first-order chi connectivity index (χ1) is 44.3. The predicted molar refractivity (Wildman–Crippen MR) is 310 cm³/mol. The Kier molecular flexibility index (Phi) is 17.7. The van der Waals surface area contributed by atoms with Gasteiger partial charge in [0.1, 0.15) is 5.82 Å². The first kappa shape index (κ1) is 68.0. The average Bonchev–Trinajstić information content (AvgIpc) is 1.67. The summed E-state index contributed by atoms with van der Waals surface area (Å²) in [4.78, 5) is 4.27. The van der Waals surface area contributed by atoms with Crippen LogP contribution in [0.5, 0.6) is 0 Å². The Hall–Kier alpha value is -9.88. The summed E-state index contributed by atoms with van der Waals surface area (Å²) in [6, 6.07) is 35.1. The van der Waals surface area contributed by atoms with Crippen LogP contribution in [0.15, 0.2) is 183 Å². The SMILES string of the molecule is Cc1cc(-c2ccc3c(ccn3Cc3ccc(C(O)(C(F)(F)F)C(F)(F)F)cc3)c2)n[nH]1.Cc1nc(-c2ccc3c(ccn3Cc3ccc(C(O)(C(F)(F)F)C(F)(F)F)cc3)c2)n[nH]1.OC(c1ccc(Cn2ccc3cc(-c4cn[nH]c4)ccc32)cc1)(C(F)(F)F)C(F)(F)F. The van der Waals surface area contributed by atoms with Crippen molar-refractivity contribution >= 4 is 32.7 Å². The number of aromatic amines is 3. The molecular weight excluding hydrogens is 1300 g/mol. The molecule has 95 heavy (non-hydrogen) atoms. The maximum Gasteiger partial charge on any atom is 0.430 e. The molecule has 0 radical (unpaired) electrons. The zero-order valence-electron chi connectivity index (χ0n) is 48.7. The molecule has 0 amide bonds. The number of aryl methyl sites for hydroxylation is 2. The number of fused-ring (bicyclic) bond motifs is 3. The molecule has 6 N–H and O–H groups in total. The number of aliphatic hydroxyl groups is 3. The zero-order chi connectivity index (χ0) is 69.1. The molecule has 498 valence electrons. The number of hydrogen-bond acceptors (Lipinski definition) is 7. The summed E-state index contributed by atoms with van der Waals surface area (Å²) in [6.45, 7) is 4.33. The minimum Gasteiger partial charge on any atom is -0.369 e. The van der Waals surface area contributed by atoms with Gasteiger partial charge in [0.25, 0.3) is 16.8 Å². The minimum absolute atomic E-state index is 0.208. The van der Waals surface area contributed by atoms with Gasteiger partial charge >= 0.3 is 37.1 Å². The lowest BCUT2D eigenvalue weighted by atomic mass is 9.91. The van der Waals surface area contributed by atoms with Crippen LogP contribution in [-0.4, -0.2) is 102 Å². The van der Waals surface area contributed by atoms with Crippen LogP contribution in [0.4, 0.5) is 79.0 Å². The van der Waals surface area contributed by atoms with Gasteiger partial charge in [-0.1, -0.05) is 84.9 Å². The van der Waals surface area contributed by atoms with Crippen LogP contribution in [0.1, 0.15) is 44.9 Å². The first-order valence-electron chi connectivity index (χ1n) is 27.8. The summed E-state index contributed by atoms with van der Waals surface area (Å²) in [6.07, 6.45) is -26.7. The molecule has 31 heteroatoms. The highest BCUT2D eigenvalue weighted by molar-refractivity contribution is 5.87. The quantitative estimate of drug-likeness (QED) is 0.0660. The van der Waals surface area contributed by atoms with E-state index in [0.29, 0.717) is 64.7 Å². The number of nitrogens with zero attached hydrogens (tertiary/aromatic N) is 7. The molecule has 0 aliphatic heterocycles. The van der Waals surface area contributed by atoms with Crippen LogP contribution in [-0.2, 0) is 36.4 Å². The van der Waals surface area contributed by atoms with E-state index in [0.717, 1.165) is 103 Å². The molecule has 0 atom stereocenters. The fourth-order valence-corrected chi connectivity index (χ4v) is 10.5. The van der Waals surface area contributed by atoms with Crippen molar-refractivity contribution in [2.24, 2.45) is 0 Å². The van der Waals surface area contributed by atoms with Gasteiger partial charge in [-0.25, -0.2) is 4.98 Å². The van der Waals surface area contributed by atoms with E-state index in [4.69, 9.17) is 0 Å². The van der Waals surface area contributed by atoms with Crippen LogP contribution in [0.25, 0.3) is 66.5 Å². The Labute approximate surface area is 523 Å². The summed E-state index contributed by atoms with van der Waals surface area (Å²) in [5, 5.41) is 51.8. The second kappa shape index (κ2) is 24.8. The molecule has 0 spiro atoms. The van der Waals surface area contributed by atoms with Crippen molar-refractivity contribution < 1.29 is 94.3 Å². The third-order valence-corrected chi connectivity index (χ3v) is 15.6. The zero-order valence-corrected chi connectivity index (χ0v) is 48.7. The lowest BCUT2D eigenvalue weighted by Crippen LogP contribution is -2.53. The van der Waals surface area contributed by atoms with Crippen molar-refractivity contribution in [2.75, 3.05) is 0 Å². The number of rotatable bonds is 12. The molecule has 13 nitrogen and oxygen atoms in total. The minimum atomic E-state index is -5.91. The van der Waals surface area contributed by atoms with E-state index in [1.807, 2.05) is 94.9 Å². The van der Waals surface area contributed by atoms with Crippen molar-refractivity contribution in [3.05, 3.63) is 228 Å². The average molecular weight is 1350 g/mol. The molecule has 0 unspecified atom stereocenters. The maximum absolute atomic E-state index is 13.0. The lowest BCUT2D eigenvalue weighted by Gasteiger charge is -2.32. The van der Waals surface area contributed by atoms with Crippen molar-refractivity contribution in [1.29, 1.82) is 0 Å². The van der Waals surface area contributed by atoms with Gasteiger partial charge in [0.05, 0.1) is 11.9 Å². The Morgan fingerprint density at radius 2 is 0.726 bits per heavy atom. The molecule has 6 aromatic heterocycles. The molecule has 6 heterocycles. The molecule has 0 fully saturated rings. The summed E-state index contributed by atoms with van der Waals surface area (Å²) in [7, 11) is 0. The van der Waals surface area contributed by atoms with Gasteiger partial charge in [0, 0.05) is 116 Å². The van der Waals surface area contributed by atoms with Gasteiger partial charge in [-0.05, 0) is 103 Å². The van der Waals surface area contributed by atoms with Gasteiger partial charge in [0.2, 0.25) is 0 Å². The Morgan fingerprint density at radius 1 is 0.379 bits per heavy atom. The Balaban J connectivity index is 0.000000155. The van der Waals surface area contributed by atoms with Gasteiger partial charge in [-0.15, -0.1) is 0 Å². The van der Waals surface area contributed by atoms with Gasteiger partial charge in [0.15, 0.2) is 5.82 Å². The van der Waals surface area contributed by atoms with E-state index in [1.54, 1.807) is 42.5 Å². The normalized spacial score (nSPS) is 13.1. The monoisotopic (exact) mass is 1350 g/mol. The van der Waals surface area contributed by atoms with Crippen molar-refractivity contribution in [2.45, 2.75) is 87.3 Å². The van der Waals surface area contributed by atoms with Gasteiger partial charge in [-0.3, -0.25) is 15.3 Å². The fourth-order valence-electron chi connectivity index (χ4n) is 10.5. The molecule has 6 aromatic carbocycles. The van der Waals surface area contributed by atoms with Crippen LogP contribution >= 0.6 is 0 Å². The van der Waals surface area contributed by atoms with Crippen LogP contribution in [0.2, 0.25) is 0 Å². The van der Waals surface area contributed by atoms with Gasteiger partial charge < -0.3 is 29.0 Å². The summed E-state index contributed by atoms with van der Waals surface area (Å²) < 4.78 is 240. The van der Waals surface area contributed by atoms with Gasteiger partial charge in [-0.2, -0.15) is 94.3 Å². The maximum atomic E-state index is 13.0. The standard InChI is InChI=1S/C22H17F6N3O.C21H16F6N4O.C21H15F6N3O/c1-13-10-18(30-29-13)15-4-7-19-16(11-15)8-9-31(19)12-14-2-5-17(6-3-14)20(32,21(23,24)25)22(26,27)28;1-12-28-18(30-29-12)15-4-7-17-14(10-15)8-9-31(17)11-13-2-5-16(6-3-13)19(32,20(22,23)24)21(25,26)27;22-20(23,24)19(31,21(25,26)27)17-4-1-13(2-5-17)12-30-8-7-15-9-14(3-6-18(15)30)16-10-28-29-11-16/h2-11,32H,12H2,1H3,(H,29,30);2-10,32H,11H2,1H3,(H,28,29,30);1-11,31H,12H2,(H,28,29). The number of nitrogens with one attached hydrogen (secondary N) is 3. The van der Waals surface area contributed by atoms with Crippen LogP contribution in [0.3, 0.4) is 0 Å². The highest BCUT2D eigenvalue weighted by atomic mass is 19.4. The molecule has 12 rings (SSSR count). The topological polar surface area (TPSA) is 174 Å². The van der Waals surface area contributed by atoms with Crippen LogP contribution in [0, 0.1) is 13.8 Å². The first-order valence-corrected chi connectivity index (χ1v) is 27.8.